The summed E-state index contributed by atoms with van der Waals surface area (Å²) in [6.07, 6.45) is 6.38. The van der Waals surface area contributed by atoms with E-state index in [2.05, 4.69) is 51.1 Å². The van der Waals surface area contributed by atoms with Crippen LogP contribution in [-0.2, 0) is 19.5 Å². The van der Waals surface area contributed by atoms with Crippen LogP contribution in [-0.4, -0.2) is 22.1 Å². The molecule has 1 unspecified atom stereocenters. The maximum absolute atomic E-state index is 4.44. The number of anilines is 2. The summed E-state index contributed by atoms with van der Waals surface area (Å²) in [6.45, 7) is 5.25. The first-order valence-corrected chi connectivity index (χ1v) is 7.44. The average Bonchev–Trinajstić information content (AvgIpc) is 2.94. The van der Waals surface area contributed by atoms with E-state index in [4.69, 9.17) is 0 Å². The molecule has 1 aromatic carbocycles. The lowest BCUT2D eigenvalue weighted by Crippen LogP contribution is -2.33. The lowest BCUT2D eigenvalue weighted by atomic mass is 9.98. The van der Waals surface area contributed by atoms with Crippen molar-refractivity contribution in [3.05, 3.63) is 42.0 Å². The molecule has 0 saturated carbocycles. The van der Waals surface area contributed by atoms with Gasteiger partial charge in [-0.3, -0.25) is 0 Å². The molecule has 2 aliphatic rings. The summed E-state index contributed by atoms with van der Waals surface area (Å²) >= 11 is 0. The Morgan fingerprint density at radius 1 is 1.30 bits per heavy atom. The van der Waals surface area contributed by atoms with Gasteiger partial charge in [0.05, 0.1) is 6.54 Å². The van der Waals surface area contributed by atoms with Crippen LogP contribution in [0.5, 0.6) is 0 Å². The van der Waals surface area contributed by atoms with Crippen molar-refractivity contribution >= 4 is 11.4 Å². The van der Waals surface area contributed by atoms with Gasteiger partial charge < -0.3 is 14.8 Å². The smallest absolute Gasteiger partial charge is 0.128 e. The highest BCUT2D eigenvalue weighted by Crippen LogP contribution is 2.30. The van der Waals surface area contributed by atoms with Gasteiger partial charge in [0.2, 0.25) is 0 Å². The van der Waals surface area contributed by atoms with Crippen molar-refractivity contribution in [1.82, 2.24) is 9.55 Å². The molecule has 0 spiro atoms. The fraction of sp³-hybridized carbons (Fsp3) is 0.438. The zero-order valence-corrected chi connectivity index (χ0v) is 11.8. The van der Waals surface area contributed by atoms with Gasteiger partial charge >= 0.3 is 0 Å². The number of aryl methyl sites for hydroxylation is 1. The van der Waals surface area contributed by atoms with E-state index >= 15 is 0 Å². The normalized spacial score (nSPS) is 21.1. The molecular formula is C16H20N4. The van der Waals surface area contributed by atoms with Crippen molar-refractivity contribution in [2.45, 2.75) is 38.9 Å². The van der Waals surface area contributed by atoms with Gasteiger partial charge in [-0.15, -0.1) is 0 Å². The topological polar surface area (TPSA) is 33.1 Å². The molecule has 2 aliphatic heterocycles. The standard InChI is InChI=1S/C16H20N4/c1-12-2-3-13-10-14(4-5-15(13)18-12)20-9-8-19-7-6-17-16(19)11-20/h4-7,10,12,18H,2-3,8-9,11H2,1H3. The molecule has 0 bridgehead atoms. The highest BCUT2D eigenvalue weighted by atomic mass is 15.2. The summed E-state index contributed by atoms with van der Waals surface area (Å²) in [5.74, 6) is 1.17. The number of benzene rings is 1. The maximum Gasteiger partial charge on any atom is 0.128 e. The van der Waals surface area contributed by atoms with E-state index in [0.717, 1.165) is 19.6 Å². The highest BCUT2D eigenvalue weighted by Gasteiger charge is 2.19. The van der Waals surface area contributed by atoms with Crippen LogP contribution in [0.15, 0.2) is 30.6 Å². The van der Waals surface area contributed by atoms with E-state index < -0.39 is 0 Å². The van der Waals surface area contributed by atoms with E-state index in [1.54, 1.807) is 0 Å². The van der Waals surface area contributed by atoms with Crippen LogP contribution in [0.4, 0.5) is 11.4 Å². The van der Waals surface area contributed by atoms with E-state index in [0.29, 0.717) is 6.04 Å². The molecule has 20 heavy (non-hydrogen) atoms. The molecular weight excluding hydrogens is 248 g/mol. The van der Waals surface area contributed by atoms with Crippen molar-refractivity contribution in [2.75, 3.05) is 16.8 Å². The second-order valence-electron chi connectivity index (χ2n) is 5.88. The number of imidazole rings is 1. The Morgan fingerprint density at radius 2 is 2.25 bits per heavy atom. The number of rotatable bonds is 1. The van der Waals surface area contributed by atoms with Crippen LogP contribution in [0.2, 0.25) is 0 Å². The second kappa shape index (κ2) is 4.54. The van der Waals surface area contributed by atoms with E-state index in [1.807, 2.05) is 6.20 Å². The number of hydrogen-bond donors (Lipinski definition) is 1. The predicted molar refractivity (Wildman–Crippen MR) is 81.1 cm³/mol. The van der Waals surface area contributed by atoms with Gasteiger partial charge in [0, 0.05) is 42.9 Å². The zero-order chi connectivity index (χ0) is 13.5. The summed E-state index contributed by atoms with van der Waals surface area (Å²) in [4.78, 5) is 6.87. The van der Waals surface area contributed by atoms with Crippen molar-refractivity contribution in [3.63, 3.8) is 0 Å². The Hall–Kier alpha value is -1.97. The Kier molecular flexibility index (Phi) is 2.69. The van der Waals surface area contributed by atoms with Crippen LogP contribution < -0.4 is 10.2 Å². The van der Waals surface area contributed by atoms with Crippen LogP contribution in [0, 0.1) is 0 Å². The molecule has 4 heteroatoms. The lowest BCUT2D eigenvalue weighted by Gasteiger charge is -2.31. The van der Waals surface area contributed by atoms with Crippen molar-refractivity contribution < 1.29 is 0 Å². The second-order valence-corrected chi connectivity index (χ2v) is 5.88. The van der Waals surface area contributed by atoms with E-state index in [9.17, 15) is 0 Å². The molecule has 2 aromatic rings. The minimum Gasteiger partial charge on any atom is -0.382 e. The minimum atomic E-state index is 0.593. The molecule has 4 rings (SSSR count). The van der Waals surface area contributed by atoms with Crippen LogP contribution in [0.1, 0.15) is 24.7 Å². The van der Waals surface area contributed by atoms with Gasteiger partial charge in [0.25, 0.3) is 0 Å². The number of nitrogens with one attached hydrogen (secondary N) is 1. The van der Waals surface area contributed by atoms with Crippen molar-refractivity contribution in [3.8, 4) is 0 Å². The third-order valence-electron chi connectivity index (χ3n) is 4.45. The molecule has 1 aromatic heterocycles. The summed E-state index contributed by atoms with van der Waals surface area (Å²) in [5, 5.41) is 3.57. The maximum atomic E-state index is 4.44. The average molecular weight is 268 g/mol. The number of fused-ring (bicyclic) bond motifs is 2. The number of aromatic nitrogens is 2. The lowest BCUT2D eigenvalue weighted by molar-refractivity contribution is 0.559. The Labute approximate surface area is 119 Å². The Morgan fingerprint density at radius 3 is 3.20 bits per heavy atom. The Balaban J connectivity index is 1.61. The molecule has 4 nitrogen and oxygen atoms in total. The summed E-state index contributed by atoms with van der Waals surface area (Å²) < 4.78 is 2.25. The van der Waals surface area contributed by atoms with E-state index in [-0.39, 0.29) is 0 Å². The SMILES string of the molecule is CC1CCc2cc(N3CCn4ccnc4C3)ccc2N1. The molecule has 1 N–H and O–H groups in total. The van der Waals surface area contributed by atoms with Crippen molar-refractivity contribution in [1.29, 1.82) is 0 Å². The largest absolute Gasteiger partial charge is 0.382 e. The summed E-state index contributed by atoms with van der Waals surface area (Å²) in [5.41, 5.74) is 4.09. The number of nitrogens with zero attached hydrogens (tertiary/aromatic N) is 3. The van der Waals surface area contributed by atoms with Gasteiger partial charge in [-0.05, 0) is 43.5 Å². The molecule has 104 valence electrons. The predicted octanol–water partition coefficient (Wildman–Crippen LogP) is 2.65. The molecule has 0 amide bonds. The van der Waals surface area contributed by atoms with Crippen molar-refractivity contribution in [2.24, 2.45) is 0 Å². The zero-order valence-electron chi connectivity index (χ0n) is 11.8. The first-order chi connectivity index (χ1) is 9.79. The van der Waals surface area contributed by atoms with Gasteiger partial charge in [-0.25, -0.2) is 4.98 Å². The quantitative estimate of drug-likeness (QED) is 0.863. The molecule has 0 fully saturated rings. The van der Waals surface area contributed by atoms with Crippen LogP contribution >= 0.6 is 0 Å². The monoisotopic (exact) mass is 268 g/mol. The molecule has 1 atom stereocenters. The molecule has 0 aliphatic carbocycles. The fourth-order valence-corrected chi connectivity index (χ4v) is 3.23. The van der Waals surface area contributed by atoms with Gasteiger partial charge in [-0.2, -0.15) is 0 Å². The summed E-state index contributed by atoms with van der Waals surface area (Å²) in [6, 6.07) is 7.42. The first kappa shape index (κ1) is 11.8. The Bertz CT molecular complexity index is 631. The molecule has 3 heterocycles. The van der Waals surface area contributed by atoms with E-state index in [1.165, 1.54) is 35.6 Å². The van der Waals surface area contributed by atoms with Crippen LogP contribution in [0.3, 0.4) is 0 Å². The van der Waals surface area contributed by atoms with Gasteiger partial charge in [0.15, 0.2) is 0 Å². The molecule has 0 radical (unpaired) electrons. The number of hydrogen-bond acceptors (Lipinski definition) is 3. The first-order valence-electron chi connectivity index (χ1n) is 7.44. The summed E-state index contributed by atoms with van der Waals surface area (Å²) in [7, 11) is 0. The third-order valence-corrected chi connectivity index (χ3v) is 4.45. The highest BCUT2D eigenvalue weighted by molar-refractivity contribution is 5.62. The van der Waals surface area contributed by atoms with Gasteiger partial charge in [-0.1, -0.05) is 0 Å². The van der Waals surface area contributed by atoms with Crippen LogP contribution in [0.25, 0.3) is 0 Å². The minimum absolute atomic E-state index is 0.593. The fourth-order valence-electron chi connectivity index (χ4n) is 3.23. The molecule has 0 saturated heterocycles. The van der Waals surface area contributed by atoms with Gasteiger partial charge in [0.1, 0.15) is 5.82 Å². The third kappa shape index (κ3) is 1.96.